The van der Waals surface area contributed by atoms with Crippen molar-refractivity contribution in [1.82, 2.24) is 19.1 Å². The van der Waals surface area contributed by atoms with E-state index < -0.39 is 0 Å². The number of ether oxygens (including phenoxy) is 1. The molecule has 0 N–H and O–H groups in total. The summed E-state index contributed by atoms with van der Waals surface area (Å²) in [5, 5.41) is 0. The number of imidazole rings is 2. The van der Waals surface area contributed by atoms with Gasteiger partial charge in [0.05, 0.1) is 0 Å². The Balaban J connectivity index is 1.57. The van der Waals surface area contributed by atoms with Crippen LogP contribution in [-0.4, -0.2) is 48.2 Å². The first-order valence-electron chi connectivity index (χ1n) is 14.4. The number of nitrogens with zero attached hydrogens (tertiary/aromatic N) is 4. The molecule has 199 valence electrons. The first kappa shape index (κ1) is 25.6. The van der Waals surface area contributed by atoms with Crippen molar-refractivity contribution in [2.45, 2.75) is 95.6 Å². The first-order valence-corrected chi connectivity index (χ1v) is 15.3. The fourth-order valence-corrected chi connectivity index (χ4v) is 7.47. The van der Waals surface area contributed by atoms with Gasteiger partial charge in [-0.05, 0) is 0 Å². The van der Waals surface area contributed by atoms with E-state index >= 15 is 0 Å². The maximum atomic E-state index is 12.4. The summed E-state index contributed by atoms with van der Waals surface area (Å²) in [6.07, 6.45) is 16.3. The summed E-state index contributed by atoms with van der Waals surface area (Å²) in [6.45, 7) is 0. The fraction of sp³-hybridized carbons (Fsp3) is 0.516. The fourth-order valence-electron chi connectivity index (χ4n) is 6.76. The molecule has 0 aliphatic heterocycles. The molecule has 0 bridgehead atoms. The Bertz CT molecular complexity index is 1440. The number of hydrogen-bond acceptors (Lipinski definition) is 4. The summed E-state index contributed by atoms with van der Waals surface area (Å²) >= 11 is 3.28. The molecule has 2 aliphatic carbocycles. The molecule has 2 aromatic heterocycles. The standard InChI is InChI=1S/C31H37N4O2Se/c1-37-30(36)21-18-19-27-26(20-21)32-29(34(27)22-12-7-3-2-4-8-13-22)24-16-11-17-25-28(24)35(31(38)33-25)23-14-9-5-6-10-15-23/h11,16-20,22-23H,2-10,12-15H2,1H3. The Hall–Kier alpha value is -2.63. The van der Waals surface area contributed by atoms with Gasteiger partial charge in [-0.15, -0.1) is 0 Å². The summed E-state index contributed by atoms with van der Waals surface area (Å²) in [6, 6.07) is 13.1. The van der Waals surface area contributed by atoms with E-state index in [1.807, 2.05) is 12.1 Å². The van der Waals surface area contributed by atoms with Crippen LogP contribution in [0.5, 0.6) is 0 Å². The second-order valence-corrected chi connectivity index (χ2v) is 11.8. The zero-order valence-corrected chi connectivity index (χ0v) is 24.0. The molecule has 38 heavy (non-hydrogen) atoms. The average Bonchev–Trinajstić information content (AvgIpc) is 3.32. The van der Waals surface area contributed by atoms with Crippen LogP contribution < -0.4 is 4.72 Å². The molecule has 7 heteroatoms. The van der Waals surface area contributed by atoms with Crippen molar-refractivity contribution >= 4 is 48.8 Å². The van der Waals surface area contributed by atoms with E-state index in [0.717, 1.165) is 45.5 Å². The molecule has 2 aromatic carbocycles. The summed E-state index contributed by atoms with van der Waals surface area (Å²) in [4.78, 5) is 22.6. The normalized spacial score (nSPS) is 18.3. The van der Waals surface area contributed by atoms with E-state index in [0.29, 0.717) is 17.6 Å². The van der Waals surface area contributed by atoms with Crippen molar-refractivity contribution in [3.63, 3.8) is 0 Å². The van der Waals surface area contributed by atoms with Crippen molar-refractivity contribution in [1.29, 1.82) is 0 Å². The second kappa shape index (κ2) is 11.2. The number of fused-ring (bicyclic) bond motifs is 2. The Kier molecular flexibility index (Phi) is 7.58. The Labute approximate surface area is 233 Å². The van der Waals surface area contributed by atoms with Gasteiger partial charge in [0.15, 0.2) is 0 Å². The third-order valence-electron chi connectivity index (χ3n) is 8.66. The topological polar surface area (TPSA) is 61.9 Å². The van der Waals surface area contributed by atoms with E-state index in [1.165, 1.54) is 83.3 Å². The van der Waals surface area contributed by atoms with E-state index in [9.17, 15) is 4.79 Å². The van der Waals surface area contributed by atoms with Gasteiger partial charge in [-0.2, -0.15) is 0 Å². The van der Waals surface area contributed by atoms with Gasteiger partial charge in [0, 0.05) is 0 Å². The molecule has 0 amide bonds. The predicted octanol–water partition coefficient (Wildman–Crippen LogP) is 6.81. The SMILES string of the molecule is COC(=O)c1ccc2c(c1)nc(-c1cccc3nc([Se])n(C4CCCCCC4)c13)n2C1CCCCCCC1. The molecule has 6 rings (SSSR count). The van der Waals surface area contributed by atoms with Crippen molar-refractivity contribution in [2.24, 2.45) is 0 Å². The molecule has 6 nitrogen and oxygen atoms in total. The molecule has 2 heterocycles. The van der Waals surface area contributed by atoms with Gasteiger partial charge in [-0.1, -0.05) is 0 Å². The molecule has 0 saturated heterocycles. The van der Waals surface area contributed by atoms with Crippen LogP contribution in [0.1, 0.15) is 106 Å². The van der Waals surface area contributed by atoms with Gasteiger partial charge in [0.2, 0.25) is 0 Å². The zero-order chi connectivity index (χ0) is 26.1. The van der Waals surface area contributed by atoms with Crippen LogP contribution >= 0.6 is 0 Å². The molecule has 0 atom stereocenters. The molecule has 2 aliphatic rings. The van der Waals surface area contributed by atoms with Gasteiger partial charge >= 0.3 is 233 Å². The Morgan fingerprint density at radius 1 is 0.816 bits per heavy atom. The van der Waals surface area contributed by atoms with Gasteiger partial charge in [-0.3, -0.25) is 0 Å². The van der Waals surface area contributed by atoms with Gasteiger partial charge in [-0.25, -0.2) is 0 Å². The van der Waals surface area contributed by atoms with E-state index in [2.05, 4.69) is 49.4 Å². The second-order valence-electron chi connectivity index (χ2n) is 11.1. The maximum absolute atomic E-state index is 12.4. The number of carbonyl (C=O) groups is 1. The summed E-state index contributed by atoms with van der Waals surface area (Å²) < 4.78 is 10.9. The number of aromatic nitrogens is 4. The number of esters is 1. The molecule has 4 aromatic rings. The zero-order valence-electron chi connectivity index (χ0n) is 22.3. The number of methoxy groups -OCH3 is 1. The minimum absolute atomic E-state index is 0.325. The Morgan fingerprint density at radius 2 is 1.45 bits per heavy atom. The minimum atomic E-state index is -0.325. The van der Waals surface area contributed by atoms with E-state index in [4.69, 9.17) is 14.7 Å². The quantitative estimate of drug-likeness (QED) is 0.152. The number of carbonyl (C=O) groups excluding carboxylic acids is 1. The summed E-state index contributed by atoms with van der Waals surface area (Å²) in [5.41, 5.74) is 5.83. The predicted molar refractivity (Wildman–Crippen MR) is 153 cm³/mol. The summed E-state index contributed by atoms with van der Waals surface area (Å²) in [7, 11) is 1.43. The average molecular weight is 577 g/mol. The molecule has 2 fully saturated rings. The Morgan fingerprint density at radius 3 is 2.11 bits per heavy atom. The van der Waals surface area contributed by atoms with Crippen LogP contribution in [0.25, 0.3) is 33.5 Å². The van der Waals surface area contributed by atoms with Gasteiger partial charge in [0.1, 0.15) is 0 Å². The molecular weight excluding hydrogens is 539 g/mol. The molecule has 1 radical (unpaired) electrons. The monoisotopic (exact) mass is 577 g/mol. The first-order chi connectivity index (χ1) is 18.7. The number of benzene rings is 2. The van der Waals surface area contributed by atoms with Crippen molar-refractivity contribution in [3.8, 4) is 11.4 Å². The van der Waals surface area contributed by atoms with Gasteiger partial charge in [0.25, 0.3) is 0 Å². The van der Waals surface area contributed by atoms with Crippen molar-refractivity contribution < 1.29 is 9.53 Å². The number of rotatable bonds is 4. The van der Waals surface area contributed by atoms with Crippen LogP contribution in [0.15, 0.2) is 36.4 Å². The van der Waals surface area contributed by atoms with Crippen LogP contribution in [0.2, 0.25) is 0 Å². The van der Waals surface area contributed by atoms with Crippen molar-refractivity contribution in [2.75, 3.05) is 7.11 Å². The molecular formula is C31H37N4O2Se. The van der Waals surface area contributed by atoms with Crippen LogP contribution in [0.3, 0.4) is 0 Å². The van der Waals surface area contributed by atoms with Crippen molar-refractivity contribution in [3.05, 3.63) is 42.0 Å². The van der Waals surface area contributed by atoms with Crippen LogP contribution in [0, 0.1) is 0 Å². The number of para-hydroxylation sites is 1. The van der Waals surface area contributed by atoms with E-state index in [-0.39, 0.29) is 5.97 Å². The third kappa shape index (κ3) is 4.80. The van der Waals surface area contributed by atoms with Crippen LogP contribution in [0.4, 0.5) is 0 Å². The summed E-state index contributed by atoms with van der Waals surface area (Å²) in [5.74, 6) is 0.668. The van der Waals surface area contributed by atoms with Gasteiger partial charge < -0.3 is 0 Å². The number of hydrogen-bond donors (Lipinski definition) is 0. The molecule has 0 unspecified atom stereocenters. The van der Waals surface area contributed by atoms with Crippen LogP contribution in [-0.2, 0) is 4.74 Å². The molecule has 0 spiro atoms. The van der Waals surface area contributed by atoms with E-state index in [1.54, 1.807) is 0 Å². The molecule has 2 saturated carbocycles. The third-order valence-corrected chi connectivity index (χ3v) is 9.26.